The van der Waals surface area contributed by atoms with E-state index in [1.54, 1.807) is 25.9 Å². The zero-order valence-corrected chi connectivity index (χ0v) is 24.7. The molecule has 0 radical (unpaired) electrons. The van der Waals surface area contributed by atoms with E-state index in [2.05, 4.69) is 5.32 Å². The minimum absolute atomic E-state index is 0.0299. The molecule has 0 saturated heterocycles. The van der Waals surface area contributed by atoms with Gasteiger partial charge in [0.1, 0.15) is 11.9 Å². The largest absolute Gasteiger partial charge is 0.505 e. The monoisotopic (exact) mass is 600 g/mol. The van der Waals surface area contributed by atoms with Gasteiger partial charge in [-0.05, 0) is 45.7 Å². The van der Waals surface area contributed by atoms with Crippen LogP contribution < -0.4 is 11.1 Å². The number of carbonyl (C=O) groups excluding carboxylic acids is 7. The van der Waals surface area contributed by atoms with Crippen molar-refractivity contribution in [3.8, 4) is 5.75 Å². The van der Waals surface area contributed by atoms with Crippen molar-refractivity contribution < 1.29 is 48.5 Å². The number of nitrogens with one attached hydrogen (secondary N) is 1. The van der Waals surface area contributed by atoms with Crippen molar-refractivity contribution >= 4 is 46.6 Å². The summed E-state index contributed by atoms with van der Waals surface area (Å²) in [5.41, 5.74) is 2.14. The van der Waals surface area contributed by atoms with Gasteiger partial charge < -0.3 is 30.9 Å². The molecule has 14 nitrogen and oxygen atoms in total. The second kappa shape index (κ2) is 11.2. The Balaban J connectivity index is 1.95. The summed E-state index contributed by atoms with van der Waals surface area (Å²) >= 11 is 0. The number of nitrogens with zero attached hydrogens (tertiary/aromatic N) is 2. The van der Waals surface area contributed by atoms with Crippen LogP contribution in [0.3, 0.4) is 0 Å². The SMILES string of the molecule is CCC(=O)O[C@@H]1[C@@H]2C(C(=O)c3c(ccc(NC(=O)CN(C)C)c3O)[C@H]2C)C(=O)[C@@]2(O)C(=O)C(C(N)=O)C(=O)[C@H](N(C)C)[C@@H]12. The maximum atomic E-state index is 14.3. The number of esters is 1. The van der Waals surface area contributed by atoms with Crippen molar-refractivity contribution in [1.82, 2.24) is 9.80 Å². The van der Waals surface area contributed by atoms with Gasteiger partial charge >= 0.3 is 5.97 Å². The number of primary amides is 1. The first-order valence-corrected chi connectivity index (χ1v) is 13.8. The van der Waals surface area contributed by atoms with E-state index < -0.39 is 94.0 Å². The molecule has 0 spiro atoms. The summed E-state index contributed by atoms with van der Waals surface area (Å²) in [6, 6.07) is 1.42. The van der Waals surface area contributed by atoms with Gasteiger partial charge in [-0.25, -0.2) is 0 Å². The molecule has 0 aliphatic heterocycles. The molecule has 0 aromatic heterocycles. The minimum Gasteiger partial charge on any atom is -0.505 e. The number of phenolic OH excluding ortho intramolecular Hbond substituents is 1. The zero-order chi connectivity index (χ0) is 32.3. The van der Waals surface area contributed by atoms with E-state index in [4.69, 9.17) is 10.5 Å². The number of fused-ring (bicyclic) bond motifs is 3. The Hall–Kier alpha value is -4.01. The number of ether oxygens (including phenoxy) is 1. The molecule has 0 heterocycles. The molecule has 4 rings (SSSR count). The third-order valence-corrected chi connectivity index (χ3v) is 8.75. The van der Waals surface area contributed by atoms with Crippen LogP contribution in [0, 0.1) is 23.7 Å². The van der Waals surface area contributed by atoms with Gasteiger partial charge in [0.25, 0.3) is 0 Å². The highest BCUT2D eigenvalue weighted by molar-refractivity contribution is 6.32. The van der Waals surface area contributed by atoms with Crippen molar-refractivity contribution in [2.45, 2.75) is 43.9 Å². The van der Waals surface area contributed by atoms with Gasteiger partial charge in [0.15, 0.2) is 34.7 Å². The number of anilines is 1. The smallest absolute Gasteiger partial charge is 0.305 e. The molecular formula is C29H36N4O10. The number of ketones is 4. The highest BCUT2D eigenvalue weighted by atomic mass is 16.5. The van der Waals surface area contributed by atoms with Crippen LogP contribution in [0.25, 0.3) is 0 Å². The highest BCUT2D eigenvalue weighted by Crippen LogP contribution is 2.56. The van der Waals surface area contributed by atoms with E-state index in [1.807, 2.05) is 0 Å². The van der Waals surface area contributed by atoms with Crippen molar-refractivity contribution in [2.24, 2.45) is 29.4 Å². The summed E-state index contributed by atoms with van der Waals surface area (Å²) < 4.78 is 5.77. The molecule has 232 valence electrons. The Bertz CT molecular complexity index is 1440. The quantitative estimate of drug-likeness (QED) is 0.166. The van der Waals surface area contributed by atoms with Crippen molar-refractivity contribution in [1.29, 1.82) is 0 Å². The van der Waals surface area contributed by atoms with E-state index in [0.29, 0.717) is 0 Å². The fourth-order valence-electron chi connectivity index (χ4n) is 6.92. The Kier molecular flexibility index (Phi) is 8.35. The fraction of sp³-hybridized carbons (Fsp3) is 0.552. The number of hydrogen-bond donors (Lipinski definition) is 4. The van der Waals surface area contributed by atoms with Gasteiger partial charge in [0.2, 0.25) is 11.8 Å². The number of aromatic hydroxyl groups is 1. The number of Topliss-reactive ketones (excluding diaryl/α,β-unsaturated/α-hetero) is 4. The molecule has 8 atom stereocenters. The summed E-state index contributed by atoms with van der Waals surface area (Å²) in [5.74, 6) is -15.6. The molecule has 1 aromatic carbocycles. The predicted octanol–water partition coefficient (Wildman–Crippen LogP) is -1.14. The lowest BCUT2D eigenvalue weighted by Crippen LogP contribution is -2.78. The molecular weight excluding hydrogens is 564 g/mol. The molecule has 1 aromatic rings. The van der Waals surface area contributed by atoms with Gasteiger partial charge in [-0.3, -0.25) is 38.5 Å². The lowest BCUT2D eigenvalue weighted by molar-refractivity contribution is -0.205. The normalized spacial score (nSPS) is 31.8. The predicted molar refractivity (Wildman–Crippen MR) is 149 cm³/mol. The summed E-state index contributed by atoms with van der Waals surface area (Å²) in [6.45, 7) is 3.09. The Morgan fingerprint density at radius 2 is 1.70 bits per heavy atom. The van der Waals surface area contributed by atoms with Gasteiger partial charge in [-0.2, -0.15) is 0 Å². The lowest BCUT2D eigenvalue weighted by atomic mass is 9.49. The van der Waals surface area contributed by atoms with Gasteiger partial charge in [0, 0.05) is 12.3 Å². The van der Waals surface area contributed by atoms with E-state index in [-0.39, 0.29) is 29.8 Å². The molecule has 43 heavy (non-hydrogen) atoms. The lowest BCUT2D eigenvalue weighted by Gasteiger charge is -2.56. The number of aliphatic hydroxyl groups is 1. The van der Waals surface area contributed by atoms with Crippen LogP contribution in [0.5, 0.6) is 5.75 Å². The Morgan fingerprint density at radius 1 is 1.07 bits per heavy atom. The third-order valence-electron chi connectivity index (χ3n) is 8.75. The molecule has 2 amide bonds. The van der Waals surface area contributed by atoms with Crippen molar-refractivity contribution in [3.63, 3.8) is 0 Å². The Labute approximate surface area is 247 Å². The first kappa shape index (κ1) is 31.9. The maximum absolute atomic E-state index is 14.3. The second-order valence-corrected chi connectivity index (χ2v) is 11.9. The second-order valence-electron chi connectivity index (χ2n) is 11.9. The Morgan fingerprint density at radius 3 is 2.23 bits per heavy atom. The number of carbonyl (C=O) groups is 7. The zero-order valence-electron chi connectivity index (χ0n) is 24.7. The summed E-state index contributed by atoms with van der Waals surface area (Å²) in [5, 5.41) is 25.7. The van der Waals surface area contributed by atoms with Crippen LogP contribution >= 0.6 is 0 Å². The van der Waals surface area contributed by atoms with Crippen LogP contribution in [0.2, 0.25) is 0 Å². The molecule has 14 heteroatoms. The number of likely N-dealkylation sites (N-methyl/N-ethyl adjacent to an activating group) is 2. The van der Waals surface area contributed by atoms with Gasteiger partial charge in [-0.15, -0.1) is 0 Å². The van der Waals surface area contributed by atoms with E-state index in [1.165, 1.54) is 38.1 Å². The summed E-state index contributed by atoms with van der Waals surface area (Å²) in [7, 11) is 6.19. The maximum Gasteiger partial charge on any atom is 0.305 e. The molecule has 2 fully saturated rings. The van der Waals surface area contributed by atoms with Gasteiger partial charge in [0.05, 0.1) is 35.7 Å². The van der Waals surface area contributed by atoms with Crippen LogP contribution in [-0.4, -0.2) is 113 Å². The van der Waals surface area contributed by atoms with Crippen LogP contribution in [0.15, 0.2) is 12.1 Å². The van der Waals surface area contributed by atoms with E-state index in [9.17, 15) is 43.8 Å². The standard InChI is InChI=1S/C29H36N4O10/c1-7-15(35)43-25-16-11(2)12-8-9-13(31-14(34)10-32(3)4)22(36)17(12)23(37)18(16)26(39)29(42)20(25)21(33(5)6)24(38)19(27(29)40)28(30)41/h8-9,11,16,18-21,25,36,42H,7,10H2,1-6H3,(H2,30,41)(H,31,34)/t11-,16+,18?,19?,20+,21-,25-,29-/m1/s1. The number of hydrogen-bond acceptors (Lipinski definition) is 12. The first-order chi connectivity index (χ1) is 20.0. The number of nitrogens with two attached hydrogens (primary N) is 1. The summed E-state index contributed by atoms with van der Waals surface area (Å²) in [6.07, 6.45) is -1.65. The fourth-order valence-corrected chi connectivity index (χ4v) is 6.92. The third kappa shape index (κ3) is 4.82. The first-order valence-electron chi connectivity index (χ1n) is 13.8. The average molecular weight is 601 g/mol. The van der Waals surface area contributed by atoms with Gasteiger partial charge in [-0.1, -0.05) is 19.9 Å². The molecule has 2 saturated carbocycles. The number of rotatable bonds is 7. The average Bonchev–Trinajstić information content (AvgIpc) is 2.90. The molecule has 0 bridgehead atoms. The topological polar surface area (TPSA) is 214 Å². The summed E-state index contributed by atoms with van der Waals surface area (Å²) in [4.78, 5) is 95.9. The highest BCUT2D eigenvalue weighted by Gasteiger charge is 2.74. The molecule has 5 N–H and O–H groups in total. The number of amides is 2. The van der Waals surface area contributed by atoms with Crippen LogP contribution in [-0.2, 0) is 33.5 Å². The number of phenols is 1. The molecule has 2 unspecified atom stereocenters. The van der Waals surface area contributed by atoms with Crippen molar-refractivity contribution in [2.75, 3.05) is 40.1 Å². The molecule has 3 aliphatic rings. The molecule has 3 aliphatic carbocycles. The van der Waals surface area contributed by atoms with Crippen LogP contribution in [0.1, 0.15) is 42.1 Å². The van der Waals surface area contributed by atoms with E-state index in [0.717, 1.165) is 0 Å². The van der Waals surface area contributed by atoms with Crippen molar-refractivity contribution in [3.05, 3.63) is 23.3 Å². The minimum atomic E-state index is -3.11. The number of benzene rings is 1. The van der Waals surface area contributed by atoms with E-state index >= 15 is 0 Å². The van der Waals surface area contributed by atoms with Crippen LogP contribution in [0.4, 0.5) is 5.69 Å².